The number of ether oxygens (including phenoxy) is 2. The molecule has 2 aromatic rings. The van der Waals surface area contributed by atoms with Crippen LogP contribution >= 0.6 is 0 Å². The van der Waals surface area contributed by atoms with Crippen LogP contribution in [0.3, 0.4) is 0 Å². The standard InChI is InChI=1S/C18H20N2O3/c19-12-14-10-11-17(23-14)18(21)20-15-8-4-5-9-16(15)22-13-6-2-1-3-7-13/h1-9,14,17H,10-12,19H2,(H,20,21)/t14-,17+/m1/s1. The fourth-order valence-corrected chi connectivity index (χ4v) is 2.56. The zero-order valence-electron chi connectivity index (χ0n) is 12.8. The SMILES string of the molecule is NC[C@H]1CC[C@@H](C(=O)Nc2ccccc2Oc2ccccc2)O1. The molecule has 2 atom stereocenters. The van der Waals surface area contributed by atoms with Gasteiger partial charge in [-0.05, 0) is 37.1 Å². The largest absolute Gasteiger partial charge is 0.455 e. The van der Waals surface area contributed by atoms with Crippen molar-refractivity contribution in [1.82, 2.24) is 0 Å². The van der Waals surface area contributed by atoms with E-state index in [0.29, 0.717) is 24.4 Å². The molecule has 1 aliphatic rings. The van der Waals surface area contributed by atoms with E-state index in [1.54, 1.807) is 0 Å². The Hall–Kier alpha value is -2.37. The van der Waals surface area contributed by atoms with Gasteiger partial charge in [0.2, 0.25) is 0 Å². The van der Waals surface area contributed by atoms with Crippen LogP contribution in [0.1, 0.15) is 12.8 Å². The number of hydrogen-bond acceptors (Lipinski definition) is 4. The first kappa shape index (κ1) is 15.5. The summed E-state index contributed by atoms with van der Waals surface area (Å²) in [7, 11) is 0. The quantitative estimate of drug-likeness (QED) is 0.890. The Morgan fingerprint density at radius 1 is 1.13 bits per heavy atom. The fourth-order valence-electron chi connectivity index (χ4n) is 2.56. The number of carbonyl (C=O) groups excluding carboxylic acids is 1. The lowest BCUT2D eigenvalue weighted by Gasteiger charge is -2.15. The zero-order chi connectivity index (χ0) is 16.1. The summed E-state index contributed by atoms with van der Waals surface area (Å²) in [4.78, 5) is 12.3. The molecule has 0 saturated carbocycles. The molecule has 0 spiro atoms. The molecule has 5 heteroatoms. The number of para-hydroxylation sites is 3. The second-order valence-electron chi connectivity index (χ2n) is 5.46. The van der Waals surface area contributed by atoms with E-state index in [2.05, 4.69) is 5.32 Å². The Balaban J connectivity index is 1.69. The molecular formula is C18H20N2O3. The van der Waals surface area contributed by atoms with Crippen LogP contribution < -0.4 is 15.8 Å². The Morgan fingerprint density at radius 3 is 2.61 bits per heavy atom. The number of anilines is 1. The van der Waals surface area contributed by atoms with Crippen molar-refractivity contribution in [2.45, 2.75) is 25.0 Å². The Kier molecular flexibility index (Phi) is 4.90. The average molecular weight is 312 g/mol. The molecule has 23 heavy (non-hydrogen) atoms. The number of rotatable bonds is 5. The van der Waals surface area contributed by atoms with Crippen LogP contribution in [0.5, 0.6) is 11.5 Å². The summed E-state index contributed by atoms with van der Waals surface area (Å²) in [6, 6.07) is 16.8. The highest BCUT2D eigenvalue weighted by Crippen LogP contribution is 2.30. The number of nitrogens with one attached hydrogen (secondary N) is 1. The Morgan fingerprint density at radius 2 is 1.87 bits per heavy atom. The summed E-state index contributed by atoms with van der Waals surface area (Å²) < 4.78 is 11.5. The van der Waals surface area contributed by atoms with Gasteiger partial charge in [0.05, 0.1) is 11.8 Å². The maximum Gasteiger partial charge on any atom is 0.253 e. The maximum absolute atomic E-state index is 12.3. The fraction of sp³-hybridized carbons (Fsp3) is 0.278. The van der Waals surface area contributed by atoms with Crippen LogP contribution in [0.2, 0.25) is 0 Å². The first-order chi connectivity index (χ1) is 11.3. The highest BCUT2D eigenvalue weighted by Gasteiger charge is 2.30. The summed E-state index contributed by atoms with van der Waals surface area (Å²) in [5.74, 6) is 1.15. The van der Waals surface area contributed by atoms with Gasteiger partial charge in [-0.25, -0.2) is 0 Å². The molecular weight excluding hydrogens is 292 g/mol. The summed E-state index contributed by atoms with van der Waals surface area (Å²) >= 11 is 0. The van der Waals surface area contributed by atoms with E-state index in [0.717, 1.165) is 12.2 Å². The van der Waals surface area contributed by atoms with Gasteiger partial charge in [0, 0.05) is 6.54 Å². The van der Waals surface area contributed by atoms with Gasteiger partial charge in [-0.15, -0.1) is 0 Å². The van der Waals surface area contributed by atoms with E-state index in [4.69, 9.17) is 15.2 Å². The lowest BCUT2D eigenvalue weighted by molar-refractivity contribution is -0.126. The van der Waals surface area contributed by atoms with Gasteiger partial charge in [0.25, 0.3) is 5.91 Å². The number of hydrogen-bond donors (Lipinski definition) is 2. The third kappa shape index (κ3) is 3.88. The summed E-state index contributed by atoms with van der Waals surface area (Å²) in [5.41, 5.74) is 6.21. The van der Waals surface area contributed by atoms with Gasteiger partial charge in [0.1, 0.15) is 11.9 Å². The molecule has 5 nitrogen and oxygen atoms in total. The Labute approximate surface area is 135 Å². The molecule has 1 saturated heterocycles. The first-order valence-electron chi connectivity index (χ1n) is 7.74. The molecule has 3 rings (SSSR count). The van der Waals surface area contributed by atoms with Crippen LogP contribution in [-0.2, 0) is 9.53 Å². The van der Waals surface area contributed by atoms with Crippen LogP contribution in [-0.4, -0.2) is 24.7 Å². The van der Waals surface area contributed by atoms with E-state index in [1.165, 1.54) is 0 Å². The molecule has 0 aromatic heterocycles. The smallest absolute Gasteiger partial charge is 0.253 e. The highest BCUT2D eigenvalue weighted by molar-refractivity contribution is 5.95. The molecule has 0 aliphatic carbocycles. The zero-order valence-corrected chi connectivity index (χ0v) is 12.8. The van der Waals surface area contributed by atoms with Crippen molar-refractivity contribution in [3.8, 4) is 11.5 Å². The number of amides is 1. The molecule has 0 bridgehead atoms. The number of nitrogens with two attached hydrogens (primary N) is 1. The lowest BCUT2D eigenvalue weighted by atomic mass is 10.2. The second-order valence-corrected chi connectivity index (χ2v) is 5.46. The number of benzene rings is 2. The van der Waals surface area contributed by atoms with Crippen molar-refractivity contribution in [3.63, 3.8) is 0 Å². The van der Waals surface area contributed by atoms with Crippen LogP contribution in [0.4, 0.5) is 5.69 Å². The normalized spacial score (nSPS) is 20.2. The predicted octanol–water partition coefficient (Wildman–Crippen LogP) is 2.92. The van der Waals surface area contributed by atoms with Gasteiger partial charge >= 0.3 is 0 Å². The van der Waals surface area contributed by atoms with Gasteiger partial charge < -0.3 is 20.5 Å². The summed E-state index contributed by atoms with van der Waals surface area (Å²) in [6.07, 6.45) is 1.03. The van der Waals surface area contributed by atoms with Gasteiger partial charge in [-0.2, -0.15) is 0 Å². The third-order valence-electron chi connectivity index (χ3n) is 3.78. The Bertz CT molecular complexity index is 660. The molecule has 3 N–H and O–H groups in total. The minimum absolute atomic E-state index is 0.0263. The topological polar surface area (TPSA) is 73.6 Å². The van der Waals surface area contributed by atoms with Gasteiger partial charge in [0.15, 0.2) is 5.75 Å². The van der Waals surface area contributed by atoms with Gasteiger partial charge in [-0.3, -0.25) is 4.79 Å². The summed E-state index contributed by atoms with van der Waals surface area (Å²) in [5, 5.41) is 2.89. The van der Waals surface area contributed by atoms with Crippen LogP contribution in [0, 0.1) is 0 Å². The van der Waals surface area contributed by atoms with Crippen LogP contribution in [0.15, 0.2) is 54.6 Å². The molecule has 2 aromatic carbocycles. The van der Waals surface area contributed by atoms with Crippen molar-refractivity contribution in [3.05, 3.63) is 54.6 Å². The second kappa shape index (κ2) is 7.26. The van der Waals surface area contributed by atoms with Gasteiger partial charge in [-0.1, -0.05) is 30.3 Å². The average Bonchev–Trinajstić information content (AvgIpc) is 3.07. The van der Waals surface area contributed by atoms with Crippen molar-refractivity contribution in [2.75, 3.05) is 11.9 Å². The van der Waals surface area contributed by atoms with E-state index in [9.17, 15) is 4.79 Å². The summed E-state index contributed by atoms with van der Waals surface area (Å²) in [6.45, 7) is 0.442. The molecule has 120 valence electrons. The van der Waals surface area contributed by atoms with E-state index >= 15 is 0 Å². The minimum atomic E-state index is -0.451. The lowest BCUT2D eigenvalue weighted by Crippen LogP contribution is -2.29. The maximum atomic E-state index is 12.3. The molecule has 1 amide bonds. The third-order valence-corrected chi connectivity index (χ3v) is 3.78. The van der Waals surface area contributed by atoms with Crippen molar-refractivity contribution in [1.29, 1.82) is 0 Å². The predicted molar refractivity (Wildman–Crippen MR) is 88.5 cm³/mol. The molecule has 1 heterocycles. The number of carbonyl (C=O) groups is 1. The van der Waals surface area contributed by atoms with E-state index < -0.39 is 6.10 Å². The van der Waals surface area contributed by atoms with E-state index in [1.807, 2.05) is 54.6 Å². The first-order valence-corrected chi connectivity index (χ1v) is 7.74. The monoisotopic (exact) mass is 312 g/mol. The van der Waals surface area contributed by atoms with E-state index in [-0.39, 0.29) is 12.0 Å². The minimum Gasteiger partial charge on any atom is -0.455 e. The molecule has 0 radical (unpaired) electrons. The highest BCUT2D eigenvalue weighted by atomic mass is 16.5. The van der Waals surface area contributed by atoms with Crippen molar-refractivity contribution in [2.24, 2.45) is 5.73 Å². The molecule has 1 fully saturated rings. The van der Waals surface area contributed by atoms with Crippen LogP contribution in [0.25, 0.3) is 0 Å². The molecule has 0 unspecified atom stereocenters. The van der Waals surface area contributed by atoms with Crippen molar-refractivity contribution >= 4 is 11.6 Å². The molecule has 1 aliphatic heterocycles. The van der Waals surface area contributed by atoms with Crippen molar-refractivity contribution < 1.29 is 14.3 Å².